The zero-order valence-corrected chi connectivity index (χ0v) is 22.8. The minimum absolute atomic E-state index is 0.0283. The van der Waals surface area contributed by atoms with Gasteiger partial charge in [-0.25, -0.2) is 4.98 Å². The standard InChI is InChI=1S/C30H36ClN5O3/c31-22-11-9-20(10-12-22)15-27(29(32)37)35-30(38)25-8-4-7-24-26(13-14-39-28(24)25)34-17-23-16-33-19-36(23)18-21-5-2-1-3-6-21/h4,7-12,16,19,21,26-27,34H,1-3,5-6,13-15,17-18H2,(H2,32,37)(H,35,38). The van der Waals surface area contributed by atoms with Gasteiger partial charge in [-0.1, -0.05) is 55.1 Å². The van der Waals surface area contributed by atoms with E-state index >= 15 is 0 Å². The van der Waals surface area contributed by atoms with Gasteiger partial charge in [0.1, 0.15) is 11.8 Å². The van der Waals surface area contributed by atoms with Gasteiger partial charge in [0.2, 0.25) is 5.91 Å². The number of imidazole rings is 1. The number of nitrogens with two attached hydrogens (primary N) is 1. The fraction of sp³-hybridized carbons (Fsp3) is 0.433. The highest BCUT2D eigenvalue weighted by Crippen LogP contribution is 2.35. The molecule has 9 heteroatoms. The number of para-hydroxylation sites is 1. The number of amides is 2. The summed E-state index contributed by atoms with van der Waals surface area (Å²) in [5.41, 5.74) is 8.96. The predicted octanol–water partition coefficient (Wildman–Crippen LogP) is 4.56. The van der Waals surface area contributed by atoms with Gasteiger partial charge in [-0.15, -0.1) is 0 Å². The van der Waals surface area contributed by atoms with Crippen LogP contribution in [0.1, 0.15) is 71.7 Å². The van der Waals surface area contributed by atoms with Gasteiger partial charge in [0.05, 0.1) is 24.2 Å². The molecule has 2 atom stereocenters. The Bertz CT molecular complexity index is 1290. The van der Waals surface area contributed by atoms with E-state index < -0.39 is 17.9 Å². The first kappa shape index (κ1) is 27.2. The number of halogens is 1. The summed E-state index contributed by atoms with van der Waals surface area (Å²) in [6.45, 7) is 2.18. The van der Waals surface area contributed by atoms with Crippen LogP contribution in [-0.2, 0) is 24.3 Å². The first-order chi connectivity index (χ1) is 19.0. The molecule has 0 bridgehead atoms. The Labute approximate surface area is 234 Å². The smallest absolute Gasteiger partial charge is 0.255 e. The van der Waals surface area contributed by atoms with Crippen LogP contribution in [0.15, 0.2) is 55.0 Å². The SMILES string of the molecule is NC(=O)C(Cc1ccc(Cl)cc1)NC(=O)c1cccc2c1OCCC2NCc1cncn1CC1CCCCC1. The third kappa shape index (κ3) is 6.81. The lowest BCUT2D eigenvalue weighted by Gasteiger charge is -2.29. The highest BCUT2D eigenvalue weighted by molar-refractivity contribution is 6.30. The van der Waals surface area contributed by atoms with Crippen LogP contribution >= 0.6 is 11.6 Å². The molecule has 3 aromatic rings. The lowest BCUT2D eigenvalue weighted by atomic mass is 9.89. The molecule has 2 amide bonds. The average molecular weight is 550 g/mol. The number of carbonyl (C=O) groups excluding carboxylic acids is 2. The molecular formula is C30H36ClN5O3. The number of hydrogen-bond donors (Lipinski definition) is 3. The highest BCUT2D eigenvalue weighted by Gasteiger charge is 2.28. The summed E-state index contributed by atoms with van der Waals surface area (Å²) >= 11 is 5.97. The summed E-state index contributed by atoms with van der Waals surface area (Å²) < 4.78 is 8.27. The molecule has 5 rings (SSSR count). The van der Waals surface area contributed by atoms with Crippen molar-refractivity contribution in [3.8, 4) is 5.75 Å². The molecule has 39 heavy (non-hydrogen) atoms. The molecule has 1 aliphatic heterocycles. The predicted molar refractivity (Wildman–Crippen MR) is 151 cm³/mol. The van der Waals surface area contributed by atoms with Crippen LogP contribution in [0.5, 0.6) is 5.75 Å². The van der Waals surface area contributed by atoms with E-state index in [0.29, 0.717) is 29.5 Å². The van der Waals surface area contributed by atoms with Crippen LogP contribution in [-0.4, -0.2) is 34.0 Å². The number of ether oxygens (including phenoxy) is 1. The Balaban J connectivity index is 1.26. The number of hydrogen-bond acceptors (Lipinski definition) is 5. The second-order valence-electron chi connectivity index (χ2n) is 10.6. The minimum atomic E-state index is -0.864. The summed E-state index contributed by atoms with van der Waals surface area (Å²) in [7, 11) is 0. The summed E-state index contributed by atoms with van der Waals surface area (Å²) in [4.78, 5) is 29.9. The molecule has 0 radical (unpaired) electrons. The largest absolute Gasteiger partial charge is 0.492 e. The van der Waals surface area contributed by atoms with Gasteiger partial charge < -0.3 is 25.7 Å². The van der Waals surface area contributed by atoms with Crippen molar-refractivity contribution in [1.29, 1.82) is 0 Å². The van der Waals surface area contributed by atoms with Crippen molar-refractivity contribution in [2.75, 3.05) is 6.61 Å². The number of fused-ring (bicyclic) bond motifs is 1. The third-order valence-electron chi connectivity index (χ3n) is 7.83. The van der Waals surface area contributed by atoms with Crippen molar-refractivity contribution >= 4 is 23.4 Å². The molecule has 0 saturated heterocycles. The van der Waals surface area contributed by atoms with Crippen molar-refractivity contribution < 1.29 is 14.3 Å². The van der Waals surface area contributed by atoms with E-state index in [4.69, 9.17) is 22.1 Å². The summed E-state index contributed by atoms with van der Waals surface area (Å²) in [6, 6.07) is 11.8. The van der Waals surface area contributed by atoms with Gasteiger partial charge in [0, 0.05) is 48.8 Å². The summed E-state index contributed by atoms with van der Waals surface area (Å²) in [5, 5.41) is 7.07. The van der Waals surface area contributed by atoms with E-state index in [2.05, 4.69) is 20.2 Å². The van der Waals surface area contributed by atoms with Gasteiger partial charge in [-0.05, 0) is 42.5 Å². The first-order valence-electron chi connectivity index (χ1n) is 13.8. The maximum absolute atomic E-state index is 13.3. The molecule has 2 heterocycles. The van der Waals surface area contributed by atoms with E-state index in [1.165, 1.54) is 32.1 Å². The summed E-state index contributed by atoms with van der Waals surface area (Å²) in [5.74, 6) is 0.272. The normalized spacial score (nSPS) is 18.1. The van der Waals surface area contributed by atoms with Crippen molar-refractivity contribution in [3.05, 3.63) is 82.4 Å². The lowest BCUT2D eigenvalue weighted by Crippen LogP contribution is -2.46. The number of nitrogens with zero attached hydrogens (tertiary/aromatic N) is 2. The number of aromatic nitrogens is 2. The summed E-state index contributed by atoms with van der Waals surface area (Å²) in [6.07, 6.45) is 11.5. The number of rotatable bonds is 10. The zero-order valence-electron chi connectivity index (χ0n) is 22.1. The minimum Gasteiger partial charge on any atom is -0.492 e. The number of carbonyl (C=O) groups is 2. The molecular weight excluding hydrogens is 514 g/mol. The van der Waals surface area contributed by atoms with Gasteiger partial charge in [0.15, 0.2) is 0 Å². The monoisotopic (exact) mass is 549 g/mol. The molecule has 2 unspecified atom stereocenters. The van der Waals surface area contributed by atoms with E-state index in [1.807, 2.05) is 36.8 Å². The second-order valence-corrected chi connectivity index (χ2v) is 11.0. The van der Waals surface area contributed by atoms with Gasteiger partial charge in [-0.3, -0.25) is 9.59 Å². The number of benzene rings is 2. The number of nitrogens with one attached hydrogen (secondary N) is 2. The van der Waals surface area contributed by atoms with Gasteiger partial charge in [0.25, 0.3) is 5.91 Å². The van der Waals surface area contributed by atoms with Crippen LogP contribution < -0.4 is 21.1 Å². The van der Waals surface area contributed by atoms with Crippen LogP contribution in [0, 0.1) is 5.92 Å². The van der Waals surface area contributed by atoms with Crippen molar-refractivity contribution in [2.45, 2.75) is 70.1 Å². The Kier molecular flexibility index (Phi) is 8.84. The molecule has 1 saturated carbocycles. The second kappa shape index (κ2) is 12.7. The maximum Gasteiger partial charge on any atom is 0.255 e. The van der Waals surface area contributed by atoms with Gasteiger partial charge in [-0.2, -0.15) is 0 Å². The Morgan fingerprint density at radius 3 is 2.67 bits per heavy atom. The molecule has 2 aromatic carbocycles. The van der Waals surface area contributed by atoms with Gasteiger partial charge >= 0.3 is 0 Å². The molecule has 206 valence electrons. The highest BCUT2D eigenvalue weighted by atomic mass is 35.5. The third-order valence-corrected chi connectivity index (χ3v) is 8.08. The molecule has 0 spiro atoms. The van der Waals surface area contributed by atoms with Crippen LogP contribution in [0.3, 0.4) is 0 Å². The quantitative estimate of drug-likeness (QED) is 0.343. The molecule has 2 aliphatic rings. The first-order valence-corrected chi connectivity index (χ1v) is 14.2. The Hall–Kier alpha value is -3.36. The lowest BCUT2D eigenvalue weighted by molar-refractivity contribution is -0.119. The fourth-order valence-electron chi connectivity index (χ4n) is 5.67. The average Bonchev–Trinajstić information content (AvgIpc) is 3.39. The molecule has 1 fully saturated rings. The zero-order chi connectivity index (χ0) is 27.2. The Morgan fingerprint density at radius 2 is 1.90 bits per heavy atom. The van der Waals surface area contributed by atoms with E-state index in [1.54, 1.807) is 18.2 Å². The fourth-order valence-corrected chi connectivity index (χ4v) is 5.79. The van der Waals surface area contributed by atoms with Crippen molar-refractivity contribution in [3.63, 3.8) is 0 Å². The van der Waals surface area contributed by atoms with E-state index in [-0.39, 0.29) is 12.5 Å². The maximum atomic E-state index is 13.3. The topological polar surface area (TPSA) is 111 Å². The van der Waals surface area contributed by atoms with E-state index in [0.717, 1.165) is 35.7 Å². The number of primary amides is 1. The van der Waals surface area contributed by atoms with E-state index in [9.17, 15) is 9.59 Å². The van der Waals surface area contributed by atoms with Crippen molar-refractivity contribution in [2.24, 2.45) is 11.7 Å². The van der Waals surface area contributed by atoms with Crippen LogP contribution in [0.4, 0.5) is 0 Å². The Morgan fingerprint density at radius 1 is 1.10 bits per heavy atom. The molecule has 8 nitrogen and oxygen atoms in total. The van der Waals surface area contributed by atoms with Crippen LogP contribution in [0.25, 0.3) is 0 Å². The molecule has 1 aromatic heterocycles. The molecule has 1 aliphatic carbocycles. The van der Waals surface area contributed by atoms with Crippen molar-refractivity contribution in [1.82, 2.24) is 20.2 Å². The van der Waals surface area contributed by atoms with Crippen LogP contribution in [0.2, 0.25) is 5.02 Å². The molecule has 4 N–H and O–H groups in total.